The fourth-order valence-electron chi connectivity index (χ4n) is 2.13. The second-order valence-corrected chi connectivity index (χ2v) is 5.19. The first-order chi connectivity index (χ1) is 8.25. The molecule has 2 heteroatoms. The van der Waals surface area contributed by atoms with E-state index in [1.54, 1.807) is 0 Å². The lowest BCUT2D eigenvalue weighted by atomic mass is 10.1. The minimum absolute atomic E-state index is 0.171. The molecule has 1 fully saturated rings. The molecule has 0 aliphatic heterocycles. The van der Waals surface area contributed by atoms with Gasteiger partial charge < -0.3 is 10.4 Å². The van der Waals surface area contributed by atoms with Crippen molar-refractivity contribution in [1.82, 2.24) is 5.32 Å². The van der Waals surface area contributed by atoms with Crippen LogP contribution >= 0.6 is 0 Å². The molecule has 0 aromatic heterocycles. The third-order valence-electron chi connectivity index (χ3n) is 3.30. The van der Waals surface area contributed by atoms with Crippen LogP contribution in [0.15, 0.2) is 24.3 Å². The minimum atomic E-state index is -0.171. The molecule has 2 N–H and O–H groups in total. The van der Waals surface area contributed by atoms with Crippen molar-refractivity contribution in [1.29, 1.82) is 0 Å². The number of nitrogens with one attached hydrogen (secondary N) is 1. The molecule has 2 rings (SSSR count). The monoisotopic (exact) mass is 233 g/mol. The molecule has 17 heavy (non-hydrogen) atoms. The molecule has 94 valence electrons. The molecule has 1 aliphatic carbocycles. The maximum atomic E-state index is 9.15. The lowest BCUT2D eigenvalue weighted by molar-refractivity contribution is 0.181. The smallest absolute Gasteiger partial charge is 0.0512 e. The van der Waals surface area contributed by atoms with Crippen molar-refractivity contribution in [2.75, 3.05) is 6.54 Å². The zero-order valence-corrected chi connectivity index (χ0v) is 10.7. The highest BCUT2D eigenvalue weighted by molar-refractivity contribution is 5.28. The van der Waals surface area contributed by atoms with Gasteiger partial charge in [0, 0.05) is 6.54 Å². The van der Waals surface area contributed by atoms with E-state index in [9.17, 15) is 0 Å². The Bertz CT molecular complexity index is 345. The summed E-state index contributed by atoms with van der Waals surface area (Å²) in [6.45, 7) is 3.78. The number of hydrogen-bond donors (Lipinski definition) is 2. The van der Waals surface area contributed by atoms with Crippen molar-refractivity contribution in [3.05, 3.63) is 35.4 Å². The van der Waals surface area contributed by atoms with Crippen molar-refractivity contribution in [3.63, 3.8) is 0 Å². The van der Waals surface area contributed by atoms with E-state index >= 15 is 0 Å². The molecule has 0 bridgehead atoms. The van der Waals surface area contributed by atoms with Crippen LogP contribution in [0.3, 0.4) is 0 Å². The van der Waals surface area contributed by atoms with Gasteiger partial charge in [0.2, 0.25) is 0 Å². The van der Waals surface area contributed by atoms with Crippen molar-refractivity contribution >= 4 is 0 Å². The molecule has 0 radical (unpaired) electrons. The second-order valence-electron chi connectivity index (χ2n) is 5.19. The van der Waals surface area contributed by atoms with E-state index in [2.05, 4.69) is 29.6 Å². The largest absolute Gasteiger partial charge is 0.393 e. The molecule has 0 spiro atoms. The summed E-state index contributed by atoms with van der Waals surface area (Å²) in [5.41, 5.74) is 2.89. The Labute approximate surface area is 104 Å². The van der Waals surface area contributed by atoms with Crippen LogP contribution in [0.2, 0.25) is 0 Å². The number of rotatable bonds is 7. The van der Waals surface area contributed by atoms with E-state index in [0.29, 0.717) is 0 Å². The molecule has 1 aromatic carbocycles. The Morgan fingerprint density at radius 2 is 2.24 bits per heavy atom. The highest BCUT2D eigenvalue weighted by Crippen LogP contribution is 2.40. The van der Waals surface area contributed by atoms with Gasteiger partial charge in [-0.05, 0) is 56.2 Å². The average molecular weight is 233 g/mol. The molecule has 1 aliphatic rings. The highest BCUT2D eigenvalue weighted by atomic mass is 16.3. The Morgan fingerprint density at radius 3 is 2.94 bits per heavy atom. The van der Waals surface area contributed by atoms with Crippen LogP contribution in [-0.2, 0) is 6.54 Å². The van der Waals surface area contributed by atoms with Gasteiger partial charge >= 0.3 is 0 Å². The first-order valence-electron chi connectivity index (χ1n) is 6.73. The number of hydrogen-bond acceptors (Lipinski definition) is 2. The van der Waals surface area contributed by atoms with Gasteiger partial charge in [-0.2, -0.15) is 0 Å². The second kappa shape index (κ2) is 6.18. The van der Waals surface area contributed by atoms with Crippen LogP contribution in [0.25, 0.3) is 0 Å². The normalized spacial score (nSPS) is 17.1. The molecule has 0 amide bonds. The summed E-state index contributed by atoms with van der Waals surface area (Å²) in [6, 6.07) is 8.93. The summed E-state index contributed by atoms with van der Waals surface area (Å²) in [4.78, 5) is 0. The van der Waals surface area contributed by atoms with Crippen LogP contribution in [0.4, 0.5) is 0 Å². The van der Waals surface area contributed by atoms with E-state index in [4.69, 9.17) is 5.11 Å². The van der Waals surface area contributed by atoms with E-state index in [0.717, 1.165) is 31.8 Å². The maximum Gasteiger partial charge on any atom is 0.0512 e. The van der Waals surface area contributed by atoms with E-state index in [-0.39, 0.29) is 6.10 Å². The Hall–Kier alpha value is -0.860. The predicted molar refractivity (Wildman–Crippen MR) is 71.0 cm³/mol. The summed E-state index contributed by atoms with van der Waals surface area (Å²) >= 11 is 0. The van der Waals surface area contributed by atoms with Gasteiger partial charge in [0.15, 0.2) is 0 Å². The third-order valence-corrected chi connectivity index (χ3v) is 3.30. The predicted octanol–water partition coefficient (Wildman–Crippen LogP) is 2.81. The molecular formula is C15H23NO. The quantitative estimate of drug-likeness (QED) is 0.710. The molecule has 1 atom stereocenters. The zero-order valence-electron chi connectivity index (χ0n) is 10.7. The van der Waals surface area contributed by atoms with Gasteiger partial charge in [0.05, 0.1) is 6.10 Å². The Balaban J connectivity index is 1.69. The van der Waals surface area contributed by atoms with Crippen LogP contribution in [0.1, 0.15) is 49.7 Å². The molecule has 1 saturated carbocycles. The fraction of sp³-hybridized carbons (Fsp3) is 0.600. The van der Waals surface area contributed by atoms with Crippen molar-refractivity contribution < 1.29 is 5.11 Å². The summed E-state index contributed by atoms with van der Waals surface area (Å²) in [5.74, 6) is 0.838. The summed E-state index contributed by atoms with van der Waals surface area (Å²) in [5, 5.41) is 12.6. The molecule has 0 saturated heterocycles. The molecule has 0 heterocycles. The van der Waals surface area contributed by atoms with E-state index < -0.39 is 0 Å². The topological polar surface area (TPSA) is 32.3 Å². The van der Waals surface area contributed by atoms with Gasteiger partial charge in [-0.25, -0.2) is 0 Å². The molecular weight excluding hydrogens is 210 g/mol. The van der Waals surface area contributed by atoms with Crippen molar-refractivity contribution in [2.45, 2.75) is 51.2 Å². The SMILES string of the molecule is CC(O)CCCNCc1cccc(C2CC2)c1. The van der Waals surface area contributed by atoms with Crippen LogP contribution in [0.5, 0.6) is 0 Å². The third kappa shape index (κ3) is 4.49. The number of aliphatic hydroxyl groups excluding tert-OH is 1. The zero-order chi connectivity index (χ0) is 12.1. The number of aliphatic hydroxyl groups is 1. The maximum absolute atomic E-state index is 9.15. The van der Waals surface area contributed by atoms with Gasteiger partial charge in [0.25, 0.3) is 0 Å². The highest BCUT2D eigenvalue weighted by Gasteiger charge is 2.23. The van der Waals surface area contributed by atoms with Gasteiger partial charge in [-0.3, -0.25) is 0 Å². The van der Waals surface area contributed by atoms with Crippen LogP contribution in [-0.4, -0.2) is 17.8 Å². The molecule has 1 unspecified atom stereocenters. The van der Waals surface area contributed by atoms with Crippen LogP contribution in [0, 0.1) is 0 Å². The van der Waals surface area contributed by atoms with Crippen molar-refractivity contribution in [2.24, 2.45) is 0 Å². The summed E-state index contributed by atoms with van der Waals surface area (Å²) < 4.78 is 0. The Kier molecular flexibility index (Phi) is 4.57. The molecule has 2 nitrogen and oxygen atoms in total. The summed E-state index contributed by atoms with van der Waals surface area (Å²) in [7, 11) is 0. The van der Waals surface area contributed by atoms with E-state index in [1.165, 1.54) is 24.0 Å². The van der Waals surface area contributed by atoms with Gasteiger partial charge in [-0.1, -0.05) is 24.3 Å². The van der Waals surface area contributed by atoms with Crippen molar-refractivity contribution in [3.8, 4) is 0 Å². The number of benzene rings is 1. The fourth-order valence-corrected chi connectivity index (χ4v) is 2.13. The average Bonchev–Trinajstić information content (AvgIpc) is 3.12. The molecule has 1 aromatic rings. The Morgan fingerprint density at radius 1 is 1.41 bits per heavy atom. The van der Waals surface area contributed by atoms with Gasteiger partial charge in [0.1, 0.15) is 0 Å². The lowest BCUT2D eigenvalue weighted by Gasteiger charge is -2.07. The standard InChI is InChI=1S/C15H23NO/c1-12(17)4-3-9-16-11-13-5-2-6-15(10-13)14-7-8-14/h2,5-6,10,12,14,16-17H,3-4,7-9,11H2,1H3. The summed E-state index contributed by atoms with van der Waals surface area (Å²) in [6.07, 6.45) is 4.49. The van der Waals surface area contributed by atoms with E-state index in [1.807, 2.05) is 6.92 Å². The van der Waals surface area contributed by atoms with Crippen LogP contribution < -0.4 is 5.32 Å². The van der Waals surface area contributed by atoms with Gasteiger partial charge in [-0.15, -0.1) is 0 Å². The minimum Gasteiger partial charge on any atom is -0.393 e. The first kappa shape index (κ1) is 12.6. The lowest BCUT2D eigenvalue weighted by Crippen LogP contribution is -2.16. The first-order valence-corrected chi connectivity index (χ1v) is 6.73.